The van der Waals surface area contributed by atoms with E-state index in [1.54, 1.807) is 0 Å². The molecule has 1 aliphatic heterocycles. The van der Waals surface area contributed by atoms with Gasteiger partial charge < -0.3 is 4.74 Å². The maximum absolute atomic E-state index is 5.67. The first-order chi connectivity index (χ1) is 9.31. The van der Waals surface area contributed by atoms with Gasteiger partial charge in [0.05, 0.1) is 6.10 Å². The van der Waals surface area contributed by atoms with E-state index in [4.69, 9.17) is 10.6 Å². The van der Waals surface area contributed by atoms with Gasteiger partial charge in [-0.3, -0.25) is 11.3 Å². The summed E-state index contributed by atoms with van der Waals surface area (Å²) in [6.07, 6.45) is 7.16. The van der Waals surface area contributed by atoms with Crippen molar-refractivity contribution in [1.82, 2.24) is 5.43 Å². The normalized spacial score (nSPS) is 20.6. The minimum atomic E-state index is 0.344. The Balaban J connectivity index is 1.79. The Morgan fingerprint density at radius 2 is 2.05 bits per heavy atom. The Hall–Kier alpha value is -0.900. The molecular weight excluding hydrogens is 236 g/mol. The molecule has 1 aliphatic rings. The molecule has 0 spiro atoms. The number of benzene rings is 1. The van der Waals surface area contributed by atoms with Crippen molar-refractivity contribution >= 4 is 0 Å². The number of nitrogens with two attached hydrogens (primary N) is 1. The average Bonchev–Trinajstić information content (AvgIpc) is 2.97. The molecule has 1 fully saturated rings. The molecule has 19 heavy (non-hydrogen) atoms. The second-order valence-corrected chi connectivity index (χ2v) is 5.45. The Bertz CT molecular complexity index is 358. The zero-order valence-electron chi connectivity index (χ0n) is 11.9. The smallest absolute Gasteiger partial charge is 0.0576 e. The van der Waals surface area contributed by atoms with Gasteiger partial charge in [-0.2, -0.15) is 0 Å². The topological polar surface area (TPSA) is 47.3 Å². The Morgan fingerprint density at radius 1 is 1.32 bits per heavy atom. The average molecular weight is 262 g/mol. The quantitative estimate of drug-likeness (QED) is 0.586. The van der Waals surface area contributed by atoms with Crippen molar-refractivity contribution in [1.29, 1.82) is 0 Å². The molecular formula is C16H26N2O. The third-order valence-electron chi connectivity index (χ3n) is 4.01. The summed E-state index contributed by atoms with van der Waals surface area (Å²) in [5.74, 6) is 5.67. The summed E-state index contributed by atoms with van der Waals surface area (Å²) < 4.78 is 5.66. The van der Waals surface area contributed by atoms with Gasteiger partial charge in [0.15, 0.2) is 0 Å². The van der Waals surface area contributed by atoms with Crippen LogP contribution in [-0.4, -0.2) is 18.8 Å². The van der Waals surface area contributed by atoms with Gasteiger partial charge in [0.2, 0.25) is 0 Å². The molecule has 2 rings (SSSR count). The minimum Gasteiger partial charge on any atom is -0.378 e. The van der Waals surface area contributed by atoms with E-state index in [1.165, 1.54) is 24.0 Å². The molecule has 0 aliphatic carbocycles. The van der Waals surface area contributed by atoms with Crippen molar-refractivity contribution in [3.8, 4) is 0 Å². The molecule has 2 atom stereocenters. The zero-order chi connectivity index (χ0) is 13.5. The largest absolute Gasteiger partial charge is 0.378 e. The van der Waals surface area contributed by atoms with Crippen LogP contribution < -0.4 is 11.3 Å². The van der Waals surface area contributed by atoms with Crippen molar-refractivity contribution in [2.45, 2.75) is 57.6 Å². The van der Waals surface area contributed by atoms with Gasteiger partial charge in [0.1, 0.15) is 0 Å². The molecule has 1 aromatic carbocycles. The number of hydrogen-bond acceptors (Lipinski definition) is 3. The van der Waals surface area contributed by atoms with Crippen LogP contribution in [0.5, 0.6) is 0 Å². The van der Waals surface area contributed by atoms with E-state index in [0.29, 0.717) is 12.1 Å². The first kappa shape index (κ1) is 14.5. The lowest BCUT2D eigenvalue weighted by Crippen LogP contribution is -2.37. The van der Waals surface area contributed by atoms with Crippen LogP contribution in [0.1, 0.15) is 43.7 Å². The molecule has 1 aromatic rings. The summed E-state index contributed by atoms with van der Waals surface area (Å²) in [5, 5.41) is 0. The lowest BCUT2D eigenvalue weighted by molar-refractivity contribution is 0.0996. The highest BCUT2D eigenvalue weighted by atomic mass is 16.5. The van der Waals surface area contributed by atoms with Gasteiger partial charge >= 0.3 is 0 Å². The van der Waals surface area contributed by atoms with Crippen LogP contribution in [-0.2, 0) is 17.6 Å². The minimum absolute atomic E-state index is 0.344. The maximum atomic E-state index is 5.67. The number of nitrogens with one attached hydrogen (secondary N) is 1. The first-order valence-corrected chi connectivity index (χ1v) is 7.47. The molecule has 1 heterocycles. The van der Waals surface area contributed by atoms with Gasteiger partial charge in [-0.15, -0.1) is 0 Å². The summed E-state index contributed by atoms with van der Waals surface area (Å²) in [6, 6.07) is 9.20. The van der Waals surface area contributed by atoms with Crippen LogP contribution in [0.2, 0.25) is 0 Å². The number of aryl methyl sites for hydroxylation is 1. The highest BCUT2D eigenvalue weighted by molar-refractivity contribution is 5.23. The second-order valence-electron chi connectivity index (χ2n) is 5.45. The fourth-order valence-electron chi connectivity index (χ4n) is 2.70. The number of hydrazine groups is 1. The summed E-state index contributed by atoms with van der Waals surface area (Å²) in [4.78, 5) is 0. The van der Waals surface area contributed by atoms with Gasteiger partial charge in [-0.25, -0.2) is 0 Å². The van der Waals surface area contributed by atoms with E-state index < -0.39 is 0 Å². The maximum Gasteiger partial charge on any atom is 0.0576 e. The lowest BCUT2D eigenvalue weighted by atomic mass is 9.99. The van der Waals surface area contributed by atoms with Crippen LogP contribution in [0.15, 0.2) is 24.3 Å². The molecule has 0 amide bonds. The van der Waals surface area contributed by atoms with Crippen molar-refractivity contribution in [3.05, 3.63) is 35.4 Å². The molecule has 0 radical (unpaired) electrons. The van der Waals surface area contributed by atoms with Crippen LogP contribution in [0.25, 0.3) is 0 Å². The highest BCUT2D eigenvalue weighted by Crippen LogP contribution is 2.18. The van der Waals surface area contributed by atoms with Gasteiger partial charge in [-0.05, 0) is 49.7 Å². The van der Waals surface area contributed by atoms with Crippen molar-refractivity contribution in [3.63, 3.8) is 0 Å². The number of hydrogen-bond donors (Lipinski definition) is 2. The SMILES string of the molecule is CCc1ccc(CC(CCC2CCCO2)NN)cc1. The number of ether oxygens (including phenoxy) is 1. The van der Waals surface area contributed by atoms with E-state index in [0.717, 1.165) is 32.3 Å². The van der Waals surface area contributed by atoms with Gasteiger partial charge in [0, 0.05) is 12.6 Å². The Morgan fingerprint density at radius 3 is 2.63 bits per heavy atom. The third kappa shape index (κ3) is 4.60. The van der Waals surface area contributed by atoms with Crippen LogP contribution in [0, 0.1) is 0 Å². The van der Waals surface area contributed by atoms with E-state index >= 15 is 0 Å². The molecule has 2 unspecified atom stereocenters. The van der Waals surface area contributed by atoms with Crippen LogP contribution >= 0.6 is 0 Å². The van der Waals surface area contributed by atoms with Crippen molar-refractivity contribution in [2.75, 3.05) is 6.61 Å². The van der Waals surface area contributed by atoms with Gasteiger partial charge in [-0.1, -0.05) is 31.2 Å². The fraction of sp³-hybridized carbons (Fsp3) is 0.625. The second kappa shape index (κ2) is 7.63. The molecule has 3 heteroatoms. The predicted octanol–water partition coefficient (Wildman–Crippen LogP) is 2.58. The molecule has 1 saturated heterocycles. The van der Waals surface area contributed by atoms with Crippen molar-refractivity contribution < 1.29 is 4.74 Å². The predicted molar refractivity (Wildman–Crippen MR) is 78.8 cm³/mol. The van der Waals surface area contributed by atoms with Crippen LogP contribution in [0.3, 0.4) is 0 Å². The van der Waals surface area contributed by atoms with E-state index in [2.05, 4.69) is 36.6 Å². The van der Waals surface area contributed by atoms with Crippen molar-refractivity contribution in [2.24, 2.45) is 5.84 Å². The van der Waals surface area contributed by atoms with E-state index in [1.807, 2.05) is 0 Å². The fourth-order valence-corrected chi connectivity index (χ4v) is 2.70. The summed E-state index contributed by atoms with van der Waals surface area (Å²) in [7, 11) is 0. The van der Waals surface area contributed by atoms with E-state index in [-0.39, 0.29) is 0 Å². The summed E-state index contributed by atoms with van der Waals surface area (Å²) in [5.41, 5.74) is 5.69. The highest BCUT2D eigenvalue weighted by Gasteiger charge is 2.17. The summed E-state index contributed by atoms with van der Waals surface area (Å²) >= 11 is 0. The van der Waals surface area contributed by atoms with E-state index in [9.17, 15) is 0 Å². The molecule has 0 saturated carbocycles. The standard InChI is InChI=1S/C16H26N2O/c1-2-13-5-7-14(8-6-13)12-15(18-17)9-10-16-4-3-11-19-16/h5-8,15-16,18H,2-4,9-12,17H2,1H3. The molecule has 0 aromatic heterocycles. The van der Waals surface area contributed by atoms with Crippen LogP contribution in [0.4, 0.5) is 0 Å². The number of rotatable bonds is 7. The molecule has 0 bridgehead atoms. The lowest BCUT2D eigenvalue weighted by Gasteiger charge is -2.18. The molecule has 3 nitrogen and oxygen atoms in total. The van der Waals surface area contributed by atoms with Gasteiger partial charge in [0.25, 0.3) is 0 Å². The summed E-state index contributed by atoms with van der Waals surface area (Å²) in [6.45, 7) is 3.12. The Kier molecular flexibility index (Phi) is 5.83. The zero-order valence-corrected chi connectivity index (χ0v) is 11.9. The molecule has 106 valence electrons. The Labute approximate surface area is 116 Å². The molecule has 3 N–H and O–H groups in total. The first-order valence-electron chi connectivity index (χ1n) is 7.47. The third-order valence-corrected chi connectivity index (χ3v) is 4.01. The monoisotopic (exact) mass is 262 g/mol.